The van der Waals surface area contributed by atoms with E-state index in [1.54, 1.807) is 0 Å². The van der Waals surface area contributed by atoms with E-state index >= 15 is 4.39 Å². The van der Waals surface area contributed by atoms with Gasteiger partial charge >= 0.3 is 0 Å². The molecule has 0 aromatic rings. The van der Waals surface area contributed by atoms with Crippen LogP contribution in [0.5, 0.6) is 0 Å². The molecular weight excluding hydrogens is 265 g/mol. The molecule has 0 aromatic heterocycles. The van der Waals surface area contributed by atoms with E-state index in [9.17, 15) is 0 Å². The van der Waals surface area contributed by atoms with Crippen LogP contribution < -0.4 is 5.32 Å². The fourth-order valence-electron chi connectivity index (χ4n) is 4.83. The molecule has 2 heterocycles. The van der Waals surface area contributed by atoms with Gasteiger partial charge in [0.05, 0.1) is 5.60 Å². The van der Waals surface area contributed by atoms with Crippen molar-refractivity contribution in [2.24, 2.45) is 5.92 Å². The van der Waals surface area contributed by atoms with Crippen LogP contribution in [0, 0.1) is 5.92 Å². The monoisotopic (exact) mass is 297 g/mol. The largest absolute Gasteiger partial charge is 0.375 e. The fourth-order valence-corrected chi connectivity index (χ4v) is 4.83. The highest BCUT2D eigenvalue weighted by molar-refractivity contribution is 4.97. The molecule has 1 saturated carbocycles. The Labute approximate surface area is 129 Å². The van der Waals surface area contributed by atoms with Crippen molar-refractivity contribution in [1.29, 1.82) is 0 Å². The molecule has 3 atom stereocenters. The van der Waals surface area contributed by atoms with Crippen molar-refractivity contribution in [2.45, 2.75) is 94.9 Å². The van der Waals surface area contributed by atoms with Crippen molar-refractivity contribution in [3.05, 3.63) is 0 Å². The highest BCUT2D eigenvalue weighted by Gasteiger charge is 2.46. The van der Waals surface area contributed by atoms with Gasteiger partial charge in [0.1, 0.15) is 5.67 Å². The molecule has 122 valence electrons. The van der Waals surface area contributed by atoms with E-state index in [2.05, 4.69) is 5.32 Å². The van der Waals surface area contributed by atoms with Crippen molar-refractivity contribution >= 4 is 0 Å². The number of hydrogen-bond acceptors (Lipinski definition) is 2. The summed E-state index contributed by atoms with van der Waals surface area (Å²) < 4.78 is 21.5. The van der Waals surface area contributed by atoms with Crippen LogP contribution in [0.15, 0.2) is 0 Å². The Morgan fingerprint density at radius 1 is 1.14 bits per heavy atom. The predicted molar refractivity (Wildman–Crippen MR) is 84.3 cm³/mol. The average molecular weight is 297 g/mol. The lowest BCUT2D eigenvalue weighted by Crippen LogP contribution is -2.49. The fraction of sp³-hybridized carbons (Fsp3) is 1.00. The SMILES string of the molecule is CC(F)(CC1CCCCN1)C1CCOC2(CCCCC2)C1. The summed E-state index contributed by atoms with van der Waals surface area (Å²) in [7, 11) is 0. The van der Waals surface area contributed by atoms with Crippen molar-refractivity contribution in [3.8, 4) is 0 Å². The Hall–Kier alpha value is -0.150. The van der Waals surface area contributed by atoms with Crippen molar-refractivity contribution in [1.82, 2.24) is 5.32 Å². The van der Waals surface area contributed by atoms with Gasteiger partial charge in [-0.15, -0.1) is 0 Å². The van der Waals surface area contributed by atoms with Crippen molar-refractivity contribution < 1.29 is 9.13 Å². The van der Waals surface area contributed by atoms with Gasteiger partial charge in [0.15, 0.2) is 0 Å². The van der Waals surface area contributed by atoms with Gasteiger partial charge in [-0.05, 0) is 64.3 Å². The van der Waals surface area contributed by atoms with Gasteiger partial charge in [0.25, 0.3) is 0 Å². The molecule has 2 nitrogen and oxygen atoms in total. The molecule has 2 aliphatic heterocycles. The molecular formula is C18H32FNO. The Morgan fingerprint density at radius 2 is 1.95 bits per heavy atom. The van der Waals surface area contributed by atoms with Crippen LogP contribution in [-0.4, -0.2) is 30.5 Å². The van der Waals surface area contributed by atoms with Gasteiger partial charge in [-0.1, -0.05) is 25.7 Å². The second-order valence-electron chi connectivity index (χ2n) is 7.91. The average Bonchev–Trinajstić information content (AvgIpc) is 2.49. The number of alkyl halides is 1. The first-order valence-corrected chi connectivity index (χ1v) is 9.16. The summed E-state index contributed by atoms with van der Waals surface area (Å²) in [6.45, 7) is 3.69. The van der Waals surface area contributed by atoms with Gasteiger partial charge in [-0.3, -0.25) is 0 Å². The summed E-state index contributed by atoms with van der Waals surface area (Å²) in [5, 5.41) is 3.51. The van der Waals surface area contributed by atoms with E-state index in [0.717, 1.165) is 45.3 Å². The van der Waals surface area contributed by atoms with Crippen LogP contribution in [0.1, 0.15) is 77.6 Å². The summed E-state index contributed by atoms with van der Waals surface area (Å²) in [5.74, 6) is 0.188. The molecule has 2 saturated heterocycles. The summed E-state index contributed by atoms with van der Waals surface area (Å²) in [6.07, 6.45) is 12.4. The van der Waals surface area contributed by atoms with Crippen molar-refractivity contribution in [3.63, 3.8) is 0 Å². The molecule has 3 rings (SSSR count). The maximum absolute atomic E-state index is 15.4. The number of nitrogens with one attached hydrogen (secondary N) is 1. The minimum Gasteiger partial charge on any atom is -0.375 e. The molecule has 0 bridgehead atoms. The lowest BCUT2D eigenvalue weighted by atomic mass is 9.70. The van der Waals surface area contributed by atoms with Crippen molar-refractivity contribution in [2.75, 3.05) is 13.2 Å². The van der Waals surface area contributed by atoms with E-state index < -0.39 is 5.67 Å². The molecule has 3 unspecified atom stereocenters. The Bertz CT molecular complexity index is 327. The molecule has 1 N–H and O–H groups in total. The van der Waals surface area contributed by atoms with Gasteiger partial charge < -0.3 is 10.1 Å². The van der Waals surface area contributed by atoms with Crippen LogP contribution >= 0.6 is 0 Å². The maximum atomic E-state index is 15.4. The summed E-state index contributed by atoms with van der Waals surface area (Å²) in [5.41, 5.74) is -1.02. The summed E-state index contributed by atoms with van der Waals surface area (Å²) in [6, 6.07) is 0.388. The second-order valence-corrected chi connectivity index (χ2v) is 7.91. The van der Waals surface area contributed by atoms with Gasteiger partial charge in [-0.2, -0.15) is 0 Å². The van der Waals surface area contributed by atoms with E-state index in [-0.39, 0.29) is 11.5 Å². The number of halogens is 1. The maximum Gasteiger partial charge on any atom is 0.112 e. The zero-order valence-electron chi connectivity index (χ0n) is 13.6. The standard InChI is InChI=1S/C18H32FNO/c1-17(19,14-16-7-3-6-11-20-16)15-8-12-21-18(13-15)9-4-2-5-10-18/h15-16,20H,2-14H2,1H3. The van der Waals surface area contributed by atoms with Gasteiger partial charge in [0, 0.05) is 12.6 Å². The van der Waals surface area contributed by atoms with Crippen LogP contribution in [0.4, 0.5) is 4.39 Å². The number of piperidine rings is 1. The quantitative estimate of drug-likeness (QED) is 0.835. The Balaban J connectivity index is 1.60. The highest BCUT2D eigenvalue weighted by Crippen LogP contribution is 2.46. The zero-order valence-corrected chi connectivity index (χ0v) is 13.6. The third-order valence-corrected chi connectivity index (χ3v) is 6.17. The zero-order chi connectivity index (χ0) is 14.8. The first-order chi connectivity index (χ1) is 10.1. The molecule has 1 aliphatic carbocycles. The third-order valence-electron chi connectivity index (χ3n) is 6.17. The molecule has 21 heavy (non-hydrogen) atoms. The first-order valence-electron chi connectivity index (χ1n) is 9.16. The molecule has 3 aliphatic rings. The van der Waals surface area contributed by atoms with E-state index in [1.807, 2.05) is 6.92 Å². The number of ether oxygens (including phenoxy) is 1. The normalized spacial score (nSPS) is 36.3. The lowest BCUT2D eigenvalue weighted by Gasteiger charge is -2.47. The van der Waals surface area contributed by atoms with E-state index in [4.69, 9.17) is 4.74 Å². The van der Waals surface area contributed by atoms with Gasteiger partial charge in [-0.25, -0.2) is 4.39 Å². The topological polar surface area (TPSA) is 21.3 Å². The highest BCUT2D eigenvalue weighted by atomic mass is 19.1. The Morgan fingerprint density at radius 3 is 2.67 bits per heavy atom. The van der Waals surface area contributed by atoms with Crippen LogP contribution in [0.25, 0.3) is 0 Å². The van der Waals surface area contributed by atoms with Crippen LogP contribution in [0.3, 0.4) is 0 Å². The van der Waals surface area contributed by atoms with E-state index in [0.29, 0.717) is 12.5 Å². The minimum absolute atomic E-state index is 0.0223. The molecule has 0 radical (unpaired) electrons. The minimum atomic E-state index is -1.04. The molecule has 0 amide bonds. The summed E-state index contributed by atoms with van der Waals surface area (Å²) >= 11 is 0. The number of rotatable bonds is 3. The van der Waals surface area contributed by atoms with E-state index in [1.165, 1.54) is 32.1 Å². The predicted octanol–water partition coefficient (Wildman–Crippen LogP) is 4.38. The molecule has 3 heteroatoms. The molecule has 0 aromatic carbocycles. The lowest BCUT2D eigenvalue weighted by molar-refractivity contribution is -0.140. The summed E-state index contributed by atoms with van der Waals surface area (Å²) in [4.78, 5) is 0. The molecule has 1 spiro atoms. The molecule has 3 fully saturated rings. The Kier molecular flexibility index (Phi) is 4.90. The third kappa shape index (κ3) is 3.79. The first kappa shape index (κ1) is 15.7. The van der Waals surface area contributed by atoms with Crippen LogP contribution in [0.2, 0.25) is 0 Å². The van der Waals surface area contributed by atoms with Crippen LogP contribution in [-0.2, 0) is 4.74 Å². The number of hydrogen-bond donors (Lipinski definition) is 1. The smallest absolute Gasteiger partial charge is 0.112 e. The second kappa shape index (κ2) is 6.54. The van der Waals surface area contributed by atoms with Gasteiger partial charge in [0.2, 0.25) is 0 Å².